The molecule has 0 amide bonds. The van der Waals surface area contributed by atoms with E-state index in [1.165, 1.54) is 6.08 Å². The van der Waals surface area contributed by atoms with Gasteiger partial charge in [-0.3, -0.25) is 15.6 Å². The Balaban J connectivity index is 2.47. The lowest BCUT2D eigenvalue weighted by Gasteiger charge is -2.14. The molecule has 7 nitrogen and oxygen atoms in total. The maximum atomic E-state index is 10.4. The molecule has 1 unspecified atom stereocenters. The van der Waals surface area contributed by atoms with E-state index >= 15 is 0 Å². The van der Waals surface area contributed by atoms with Crippen LogP contribution in [0, 0.1) is 10.8 Å². The van der Waals surface area contributed by atoms with Gasteiger partial charge in [-0.1, -0.05) is 13.3 Å². The first kappa shape index (κ1) is 23.4. The minimum atomic E-state index is -0.819. The first-order valence-corrected chi connectivity index (χ1v) is 9.57. The van der Waals surface area contributed by atoms with Crippen molar-refractivity contribution < 1.29 is 19.5 Å². The van der Waals surface area contributed by atoms with Crippen molar-refractivity contribution in [2.75, 3.05) is 6.54 Å². The van der Waals surface area contributed by atoms with Gasteiger partial charge in [0.25, 0.3) is 0 Å². The van der Waals surface area contributed by atoms with Crippen molar-refractivity contribution in [2.24, 2.45) is 0 Å². The molecule has 0 radical (unpaired) electrons. The molecule has 28 heavy (non-hydrogen) atoms. The van der Waals surface area contributed by atoms with E-state index in [9.17, 15) is 4.79 Å². The molecule has 7 heteroatoms. The fraction of sp³-hybridized carbons (Fsp3) is 0.476. The number of carboxylic acid groups (broad SMARTS) is 1. The first-order chi connectivity index (χ1) is 13.3. The summed E-state index contributed by atoms with van der Waals surface area (Å²) in [5, 5.41) is 24.6. The summed E-state index contributed by atoms with van der Waals surface area (Å²) in [7, 11) is 0. The Hall–Kier alpha value is -2.67. The molecule has 0 bridgehead atoms. The highest BCUT2D eigenvalue weighted by Crippen LogP contribution is 2.17. The fourth-order valence-corrected chi connectivity index (χ4v) is 2.53. The van der Waals surface area contributed by atoms with E-state index in [-0.39, 0.29) is 18.4 Å². The van der Waals surface area contributed by atoms with Crippen LogP contribution in [0.4, 0.5) is 0 Å². The summed E-state index contributed by atoms with van der Waals surface area (Å²) in [5.74, 6) is -0.142. The molecule has 154 valence electrons. The number of hydrogen-bond donors (Lipinski definition) is 4. The molecule has 1 rings (SSSR count). The number of hydrogen-bond acceptors (Lipinski definition) is 6. The van der Waals surface area contributed by atoms with Crippen LogP contribution in [0.5, 0.6) is 5.75 Å². The molecule has 0 aliphatic rings. The Morgan fingerprint density at radius 1 is 1.25 bits per heavy atom. The number of carbonyl (C=O) groups is 1. The number of hydroxylamine groups is 1. The zero-order valence-electron chi connectivity index (χ0n) is 16.9. The predicted octanol–water partition coefficient (Wildman–Crippen LogP) is 4.32. The third kappa shape index (κ3) is 9.32. The van der Waals surface area contributed by atoms with Crippen molar-refractivity contribution >= 4 is 17.6 Å². The number of unbranched alkanes of at least 4 members (excludes halogenated alkanes) is 1. The molecule has 0 aliphatic heterocycles. The van der Waals surface area contributed by atoms with E-state index < -0.39 is 5.97 Å². The topological polar surface area (TPSA) is 115 Å². The summed E-state index contributed by atoms with van der Waals surface area (Å²) in [6, 6.07) is 7.37. The van der Waals surface area contributed by atoms with Crippen molar-refractivity contribution in [1.82, 2.24) is 5.48 Å². The molecular formula is C21H31N3O4. The highest BCUT2D eigenvalue weighted by molar-refractivity contribution is 6.12. The molecule has 0 saturated heterocycles. The molecule has 0 aromatic heterocycles. The van der Waals surface area contributed by atoms with E-state index in [1.807, 2.05) is 31.2 Å². The summed E-state index contributed by atoms with van der Waals surface area (Å²) in [4.78, 5) is 15.5. The van der Waals surface area contributed by atoms with Gasteiger partial charge in [0.15, 0.2) is 0 Å². The third-order valence-electron chi connectivity index (χ3n) is 4.02. The van der Waals surface area contributed by atoms with Crippen LogP contribution in [0.15, 0.2) is 35.9 Å². The molecule has 1 aromatic carbocycles. The summed E-state index contributed by atoms with van der Waals surface area (Å²) < 4.78 is 5.82. The van der Waals surface area contributed by atoms with Crippen molar-refractivity contribution in [3.63, 3.8) is 0 Å². The minimum absolute atomic E-state index is 0.103. The number of nitrogens with one attached hydrogen (secondary N) is 3. The molecule has 0 fully saturated rings. The van der Waals surface area contributed by atoms with Gasteiger partial charge >= 0.3 is 5.97 Å². The molecule has 0 spiro atoms. The van der Waals surface area contributed by atoms with Gasteiger partial charge in [0.05, 0.1) is 11.8 Å². The van der Waals surface area contributed by atoms with E-state index in [4.69, 9.17) is 25.5 Å². The Morgan fingerprint density at radius 2 is 1.93 bits per heavy atom. The Morgan fingerprint density at radius 3 is 2.54 bits per heavy atom. The van der Waals surface area contributed by atoms with Gasteiger partial charge in [-0.25, -0.2) is 0 Å². The predicted molar refractivity (Wildman–Crippen MR) is 110 cm³/mol. The van der Waals surface area contributed by atoms with E-state index in [0.717, 1.165) is 24.2 Å². The second-order valence-corrected chi connectivity index (χ2v) is 6.66. The van der Waals surface area contributed by atoms with Gasteiger partial charge in [-0.05, 0) is 68.5 Å². The van der Waals surface area contributed by atoms with Crippen LogP contribution < -0.4 is 10.2 Å². The second kappa shape index (κ2) is 12.7. The highest BCUT2D eigenvalue weighted by atomic mass is 16.7. The average molecular weight is 389 g/mol. The fourth-order valence-electron chi connectivity index (χ4n) is 2.53. The number of aliphatic carboxylic acids is 1. The van der Waals surface area contributed by atoms with Crippen molar-refractivity contribution in [3.8, 4) is 5.75 Å². The van der Waals surface area contributed by atoms with Crippen LogP contribution in [0.25, 0.3) is 0 Å². The van der Waals surface area contributed by atoms with E-state index in [1.54, 1.807) is 6.92 Å². The van der Waals surface area contributed by atoms with E-state index in [0.29, 0.717) is 30.7 Å². The summed E-state index contributed by atoms with van der Waals surface area (Å²) >= 11 is 0. The van der Waals surface area contributed by atoms with Crippen molar-refractivity contribution in [1.29, 1.82) is 10.8 Å². The molecule has 0 saturated carbocycles. The number of allylic oxidation sites excluding steroid dienone is 1. The third-order valence-corrected chi connectivity index (χ3v) is 4.02. The molecular weight excluding hydrogens is 358 g/mol. The Labute approximate surface area is 166 Å². The Kier molecular flexibility index (Phi) is 10.6. The minimum Gasteiger partial charge on any atom is -0.491 e. The van der Waals surface area contributed by atoms with Gasteiger partial charge < -0.3 is 14.7 Å². The summed E-state index contributed by atoms with van der Waals surface area (Å²) in [5.41, 5.74) is 4.28. The maximum absolute atomic E-state index is 10.4. The van der Waals surface area contributed by atoms with Crippen molar-refractivity contribution in [2.45, 2.75) is 59.0 Å². The lowest BCUT2D eigenvalue weighted by atomic mass is 10.0. The van der Waals surface area contributed by atoms with Crippen LogP contribution in [0.2, 0.25) is 0 Å². The number of rotatable bonds is 13. The Bertz CT molecular complexity index is 683. The highest BCUT2D eigenvalue weighted by Gasteiger charge is 2.08. The first-order valence-electron chi connectivity index (χ1n) is 9.57. The van der Waals surface area contributed by atoms with Crippen LogP contribution in [-0.4, -0.2) is 35.3 Å². The second-order valence-electron chi connectivity index (χ2n) is 6.66. The maximum Gasteiger partial charge on any atom is 0.303 e. The lowest BCUT2D eigenvalue weighted by Crippen LogP contribution is -2.20. The molecule has 1 atom stereocenters. The van der Waals surface area contributed by atoms with Crippen LogP contribution in [0.3, 0.4) is 0 Å². The van der Waals surface area contributed by atoms with Gasteiger partial charge in [0.1, 0.15) is 5.75 Å². The molecule has 0 heterocycles. The lowest BCUT2D eigenvalue weighted by molar-refractivity contribution is -0.137. The largest absolute Gasteiger partial charge is 0.491 e. The molecule has 1 aromatic rings. The number of ether oxygens (including phenoxy) is 1. The average Bonchev–Trinajstić information content (AvgIpc) is 2.64. The number of benzene rings is 1. The van der Waals surface area contributed by atoms with Gasteiger partial charge in [0.2, 0.25) is 5.90 Å². The van der Waals surface area contributed by atoms with Crippen LogP contribution in [0.1, 0.15) is 58.4 Å². The molecule has 0 aliphatic carbocycles. The quantitative estimate of drug-likeness (QED) is 0.173. The summed E-state index contributed by atoms with van der Waals surface area (Å²) in [6.07, 6.45) is 5.01. The van der Waals surface area contributed by atoms with Gasteiger partial charge in [0, 0.05) is 19.0 Å². The molecule has 4 N–H and O–H groups in total. The standard InChI is InChI=1S/C21H31N3O4/c1-4-7-16(3)27-18-11-9-17(10-12-18)21(23)15(2)14-19(22)28-24-13-6-5-8-20(25)26/h9-12,14,16,22-24H,4-8,13H2,1-3H3,(H,25,26)/b15-14-,22-19?,23-21?. The summed E-state index contributed by atoms with van der Waals surface area (Å²) in [6.45, 7) is 6.37. The number of carboxylic acids is 1. The SMILES string of the molecule is CCCC(C)Oc1ccc(C(=N)/C(C)=C\C(=N)ONCCCCC(=O)O)cc1. The van der Waals surface area contributed by atoms with Gasteiger partial charge in [-0.2, -0.15) is 5.48 Å². The monoisotopic (exact) mass is 389 g/mol. The van der Waals surface area contributed by atoms with Crippen LogP contribution >= 0.6 is 0 Å². The zero-order chi connectivity index (χ0) is 20.9. The van der Waals surface area contributed by atoms with Crippen LogP contribution in [-0.2, 0) is 9.63 Å². The zero-order valence-corrected chi connectivity index (χ0v) is 16.9. The van der Waals surface area contributed by atoms with Gasteiger partial charge in [-0.15, -0.1) is 0 Å². The normalized spacial score (nSPS) is 12.3. The van der Waals surface area contributed by atoms with E-state index in [2.05, 4.69) is 12.4 Å². The van der Waals surface area contributed by atoms with Crippen molar-refractivity contribution in [3.05, 3.63) is 41.5 Å². The smallest absolute Gasteiger partial charge is 0.303 e.